The highest BCUT2D eigenvalue weighted by molar-refractivity contribution is 5.85. The number of amides is 2. The molecule has 3 N–H and O–H groups in total. The van der Waals surface area contributed by atoms with E-state index in [1.54, 1.807) is 4.90 Å². The number of nitrogens with one attached hydrogen (secondary N) is 2. The molecule has 1 saturated carbocycles. The zero-order valence-electron chi connectivity index (χ0n) is 22.6. The van der Waals surface area contributed by atoms with Gasteiger partial charge in [-0.25, -0.2) is 4.79 Å². The molecular formula is C28H37F3N4O5. The standard InChI is InChI=1S/C28H37F3N4O5/c1-39-24(32)14-23(36)15-33-25(37)21-6-2-20(3-7-21)17-35-18-27(40-26(35)38)10-12-34(13-11-27)16-19-4-8-22(9-5-19)28(29,30)31/h4-5,8-9,14,20-21,32,36H,2-3,6-7,10-13,15-18H2,1H3,(H,33,37)/b23-14-,32-24?. The van der Waals surface area contributed by atoms with Gasteiger partial charge in [0, 0.05) is 51.0 Å². The number of likely N-dealkylation sites (tertiary alicyclic amines) is 1. The zero-order valence-corrected chi connectivity index (χ0v) is 22.6. The van der Waals surface area contributed by atoms with Gasteiger partial charge in [-0.3, -0.25) is 15.1 Å². The van der Waals surface area contributed by atoms with E-state index in [0.29, 0.717) is 58.4 Å². The second kappa shape index (κ2) is 12.5. The van der Waals surface area contributed by atoms with Gasteiger partial charge >= 0.3 is 12.3 Å². The number of ether oxygens (including phenoxy) is 2. The number of methoxy groups -OCH3 is 1. The van der Waals surface area contributed by atoms with Crippen molar-refractivity contribution in [1.82, 2.24) is 15.1 Å². The van der Waals surface area contributed by atoms with Crippen LogP contribution in [-0.4, -0.2) is 78.2 Å². The molecule has 2 heterocycles. The molecule has 3 aliphatic rings. The summed E-state index contributed by atoms with van der Waals surface area (Å²) in [5, 5.41) is 19.9. The third kappa shape index (κ3) is 7.67. The molecule has 1 aromatic carbocycles. The van der Waals surface area contributed by atoms with E-state index in [2.05, 4.69) is 15.0 Å². The minimum Gasteiger partial charge on any atom is -0.510 e. The van der Waals surface area contributed by atoms with Crippen molar-refractivity contribution in [3.63, 3.8) is 0 Å². The van der Waals surface area contributed by atoms with Crippen LogP contribution in [0.1, 0.15) is 49.7 Å². The van der Waals surface area contributed by atoms with Crippen LogP contribution < -0.4 is 5.32 Å². The number of alkyl halides is 3. The summed E-state index contributed by atoms with van der Waals surface area (Å²) in [6.07, 6.45) is 0.855. The lowest BCUT2D eigenvalue weighted by Crippen LogP contribution is -2.46. The first kappa shape index (κ1) is 29.7. The quantitative estimate of drug-likeness (QED) is 0.243. The van der Waals surface area contributed by atoms with E-state index in [1.165, 1.54) is 19.2 Å². The normalized spacial score (nSPS) is 23.6. The number of benzene rings is 1. The van der Waals surface area contributed by atoms with Crippen molar-refractivity contribution in [3.8, 4) is 0 Å². The second-order valence-electron chi connectivity index (χ2n) is 11.0. The van der Waals surface area contributed by atoms with E-state index >= 15 is 0 Å². The molecule has 9 nitrogen and oxygen atoms in total. The Labute approximate surface area is 231 Å². The first-order valence-electron chi connectivity index (χ1n) is 13.6. The predicted molar refractivity (Wildman–Crippen MR) is 141 cm³/mol. The Morgan fingerprint density at radius 1 is 1.20 bits per heavy atom. The van der Waals surface area contributed by atoms with Gasteiger partial charge < -0.3 is 24.8 Å². The molecule has 2 amide bonds. The molecule has 12 heteroatoms. The highest BCUT2D eigenvalue weighted by atomic mass is 19.4. The zero-order chi connectivity index (χ0) is 28.9. The van der Waals surface area contributed by atoms with E-state index in [9.17, 15) is 27.9 Å². The number of hydrogen-bond donors (Lipinski definition) is 3. The molecule has 0 radical (unpaired) electrons. The molecule has 0 atom stereocenters. The minimum atomic E-state index is -4.35. The van der Waals surface area contributed by atoms with Crippen LogP contribution in [0.25, 0.3) is 0 Å². The smallest absolute Gasteiger partial charge is 0.416 e. The van der Waals surface area contributed by atoms with Gasteiger partial charge in [0.15, 0.2) is 0 Å². The van der Waals surface area contributed by atoms with Gasteiger partial charge in [0.2, 0.25) is 11.8 Å². The maximum absolute atomic E-state index is 12.8. The molecule has 1 spiro atoms. The molecule has 40 heavy (non-hydrogen) atoms. The molecule has 1 aromatic rings. The summed E-state index contributed by atoms with van der Waals surface area (Å²) in [7, 11) is 1.32. The monoisotopic (exact) mass is 566 g/mol. The summed E-state index contributed by atoms with van der Waals surface area (Å²) >= 11 is 0. The average Bonchev–Trinajstić information content (AvgIpc) is 3.22. The molecule has 2 aliphatic heterocycles. The van der Waals surface area contributed by atoms with Gasteiger partial charge in [0.05, 0.1) is 25.8 Å². The van der Waals surface area contributed by atoms with Crippen LogP contribution in [0.4, 0.5) is 18.0 Å². The van der Waals surface area contributed by atoms with Gasteiger partial charge in [0.1, 0.15) is 11.4 Å². The maximum Gasteiger partial charge on any atom is 0.416 e. The van der Waals surface area contributed by atoms with Gasteiger partial charge in [-0.15, -0.1) is 0 Å². The fraction of sp³-hybridized carbons (Fsp3) is 0.607. The van der Waals surface area contributed by atoms with E-state index in [-0.39, 0.29) is 42.0 Å². The number of carbonyl (C=O) groups excluding carboxylic acids is 2. The Bertz CT molecular complexity index is 1090. The molecule has 1 aliphatic carbocycles. The predicted octanol–water partition coefficient (Wildman–Crippen LogP) is 4.48. The van der Waals surface area contributed by atoms with Gasteiger partial charge in [0.25, 0.3) is 0 Å². The van der Waals surface area contributed by atoms with Crippen molar-refractivity contribution in [1.29, 1.82) is 5.41 Å². The number of piperidine rings is 1. The Morgan fingerprint density at radius 3 is 2.45 bits per heavy atom. The Balaban J connectivity index is 1.18. The van der Waals surface area contributed by atoms with Crippen molar-refractivity contribution in [2.75, 3.05) is 39.8 Å². The summed E-state index contributed by atoms with van der Waals surface area (Å²) in [6.45, 7) is 3.00. The largest absolute Gasteiger partial charge is 0.510 e. The van der Waals surface area contributed by atoms with Crippen LogP contribution in [0, 0.1) is 17.2 Å². The Hall–Kier alpha value is -3.28. The Morgan fingerprint density at radius 2 is 1.85 bits per heavy atom. The summed E-state index contributed by atoms with van der Waals surface area (Å²) < 4.78 is 49.0. The third-order valence-electron chi connectivity index (χ3n) is 8.15. The first-order chi connectivity index (χ1) is 19.0. The van der Waals surface area contributed by atoms with E-state index in [0.717, 1.165) is 36.6 Å². The molecular weight excluding hydrogens is 529 g/mol. The molecule has 3 fully saturated rings. The maximum atomic E-state index is 12.8. The molecule has 0 bridgehead atoms. The highest BCUT2D eigenvalue weighted by Gasteiger charge is 2.47. The van der Waals surface area contributed by atoms with Crippen molar-refractivity contribution in [2.45, 2.75) is 56.8 Å². The molecule has 4 rings (SSSR count). The van der Waals surface area contributed by atoms with Crippen molar-refractivity contribution < 1.29 is 37.3 Å². The first-order valence-corrected chi connectivity index (χ1v) is 13.6. The Kier molecular flexibility index (Phi) is 9.27. The number of aliphatic hydroxyl groups is 1. The van der Waals surface area contributed by atoms with Crippen molar-refractivity contribution in [3.05, 3.63) is 47.2 Å². The lowest BCUT2D eigenvalue weighted by atomic mass is 9.81. The number of rotatable bonds is 8. The fourth-order valence-electron chi connectivity index (χ4n) is 5.77. The average molecular weight is 567 g/mol. The van der Waals surface area contributed by atoms with Crippen LogP contribution in [0.5, 0.6) is 0 Å². The number of hydrogen-bond acceptors (Lipinski definition) is 7. The van der Waals surface area contributed by atoms with Crippen LogP contribution in [-0.2, 0) is 27.0 Å². The second-order valence-corrected chi connectivity index (χ2v) is 11.0. The SMILES string of the molecule is COC(=N)/C=C(\O)CNC(=O)C1CCC(CN2CC3(CCN(Cc4ccc(C(F)(F)F)cc4)CC3)OC2=O)CC1. The number of aliphatic hydroxyl groups excluding tert-OH is 1. The van der Waals surface area contributed by atoms with Crippen molar-refractivity contribution >= 4 is 17.9 Å². The lowest BCUT2D eigenvalue weighted by Gasteiger charge is -2.37. The molecule has 2 saturated heterocycles. The third-order valence-corrected chi connectivity index (χ3v) is 8.15. The van der Waals surface area contributed by atoms with Gasteiger partial charge in [-0.2, -0.15) is 13.2 Å². The molecule has 0 aromatic heterocycles. The molecule has 220 valence electrons. The fourth-order valence-corrected chi connectivity index (χ4v) is 5.77. The summed E-state index contributed by atoms with van der Waals surface area (Å²) in [5.74, 6) is -0.359. The number of nitrogens with zero attached hydrogens (tertiary/aromatic N) is 2. The van der Waals surface area contributed by atoms with Gasteiger partial charge in [-0.1, -0.05) is 12.1 Å². The highest BCUT2D eigenvalue weighted by Crippen LogP contribution is 2.36. The lowest BCUT2D eigenvalue weighted by molar-refractivity contribution is -0.137. The van der Waals surface area contributed by atoms with Crippen LogP contribution in [0.3, 0.4) is 0 Å². The van der Waals surface area contributed by atoms with E-state index in [1.807, 2.05) is 0 Å². The van der Waals surface area contributed by atoms with E-state index < -0.39 is 17.3 Å². The summed E-state index contributed by atoms with van der Waals surface area (Å²) in [4.78, 5) is 29.2. The van der Waals surface area contributed by atoms with Crippen LogP contribution in [0.2, 0.25) is 0 Å². The number of carbonyl (C=O) groups is 2. The minimum absolute atomic E-state index is 0.0615. The van der Waals surface area contributed by atoms with Crippen LogP contribution in [0.15, 0.2) is 36.1 Å². The van der Waals surface area contributed by atoms with E-state index in [4.69, 9.17) is 10.1 Å². The summed E-state index contributed by atoms with van der Waals surface area (Å²) in [6, 6.07) is 5.24. The number of halogens is 3. The van der Waals surface area contributed by atoms with Crippen LogP contribution >= 0.6 is 0 Å². The molecule has 0 unspecified atom stereocenters. The summed E-state index contributed by atoms with van der Waals surface area (Å²) in [5.41, 5.74) is -0.365. The topological polar surface area (TPSA) is 115 Å². The van der Waals surface area contributed by atoms with Crippen molar-refractivity contribution in [2.24, 2.45) is 11.8 Å². The van der Waals surface area contributed by atoms with Gasteiger partial charge in [-0.05, 0) is 49.3 Å².